The molecule has 0 atom stereocenters. The molecule has 19 aromatic rings. The van der Waals surface area contributed by atoms with Crippen LogP contribution in [0.5, 0.6) is 0 Å². The minimum absolute atomic E-state index is 0.170. The first kappa shape index (κ1) is 59.0. The van der Waals surface area contributed by atoms with Crippen molar-refractivity contribution in [2.75, 3.05) is 9.80 Å². The van der Waals surface area contributed by atoms with Gasteiger partial charge in [0.25, 0.3) is 6.71 Å². The maximum Gasteiger partial charge on any atom is 0.252 e. The van der Waals surface area contributed by atoms with Crippen LogP contribution in [0, 0.1) is 0 Å². The lowest BCUT2D eigenvalue weighted by Gasteiger charge is -2.45. The minimum atomic E-state index is -0.249. The van der Waals surface area contributed by atoms with Gasteiger partial charge in [0.15, 0.2) is 0 Å². The van der Waals surface area contributed by atoms with Gasteiger partial charge in [-0.3, -0.25) is 0 Å². The number of hydrogen-bond acceptors (Lipinski definition) is 2. The normalized spacial score (nSPS) is 12.7. The molecule has 482 valence electrons. The number of benzene rings is 17. The molecule has 5 heteroatoms. The molecule has 0 bridgehead atoms. The quantitative estimate of drug-likeness (QED) is 0.141. The maximum atomic E-state index is 2.61. The minimum Gasteiger partial charge on any atom is -0.311 e. The molecule has 0 fully saturated rings. The van der Waals surface area contributed by atoms with Crippen molar-refractivity contribution in [1.29, 1.82) is 0 Å². The first-order chi connectivity index (χ1) is 50.7. The van der Waals surface area contributed by atoms with Gasteiger partial charge in [0.1, 0.15) is 0 Å². The second-order valence-corrected chi connectivity index (χ2v) is 29.1. The lowest BCUT2D eigenvalue weighted by molar-refractivity contribution is 0.590. The van der Waals surface area contributed by atoms with Gasteiger partial charge in [0.2, 0.25) is 0 Å². The first-order valence-electron chi connectivity index (χ1n) is 36.0. The molecule has 17 aromatic carbocycles. The number of aromatic nitrogens is 2. The zero-order valence-electron chi connectivity index (χ0n) is 57.4. The van der Waals surface area contributed by atoms with Gasteiger partial charge < -0.3 is 18.9 Å². The van der Waals surface area contributed by atoms with Crippen LogP contribution in [0.3, 0.4) is 0 Å². The highest BCUT2D eigenvalue weighted by Gasteiger charge is 2.45. The smallest absolute Gasteiger partial charge is 0.252 e. The van der Waals surface area contributed by atoms with Gasteiger partial charge in [0, 0.05) is 77.8 Å². The van der Waals surface area contributed by atoms with Gasteiger partial charge in [-0.15, -0.1) is 0 Å². The molecule has 0 unspecified atom stereocenters. The number of hydrogen-bond donors (Lipinski definition) is 0. The van der Waals surface area contributed by atoms with E-state index in [-0.39, 0.29) is 12.1 Å². The number of rotatable bonds is 8. The van der Waals surface area contributed by atoms with E-state index in [4.69, 9.17) is 0 Å². The summed E-state index contributed by atoms with van der Waals surface area (Å²) < 4.78 is 5.12. The highest BCUT2D eigenvalue weighted by atomic mass is 15.2. The first-order valence-corrected chi connectivity index (χ1v) is 36.0. The van der Waals surface area contributed by atoms with Gasteiger partial charge in [0.05, 0.1) is 22.1 Å². The van der Waals surface area contributed by atoms with E-state index in [0.717, 1.165) is 45.2 Å². The van der Waals surface area contributed by atoms with E-state index in [2.05, 4.69) is 392 Å². The van der Waals surface area contributed by atoms with E-state index in [0.29, 0.717) is 0 Å². The van der Waals surface area contributed by atoms with Crippen molar-refractivity contribution in [2.45, 2.75) is 26.2 Å². The summed E-state index contributed by atoms with van der Waals surface area (Å²) in [5.41, 5.74) is 28.1. The van der Waals surface area contributed by atoms with Gasteiger partial charge >= 0.3 is 0 Å². The largest absolute Gasteiger partial charge is 0.311 e. The third-order valence-corrected chi connectivity index (χ3v) is 22.4. The third-order valence-electron chi connectivity index (χ3n) is 22.4. The van der Waals surface area contributed by atoms with Crippen LogP contribution in [0.4, 0.5) is 34.1 Å². The zero-order valence-corrected chi connectivity index (χ0v) is 57.4. The Kier molecular flexibility index (Phi) is 13.0. The maximum absolute atomic E-state index is 2.61. The van der Waals surface area contributed by atoms with Crippen LogP contribution in [-0.4, -0.2) is 15.8 Å². The Balaban J connectivity index is 0.835. The topological polar surface area (TPSA) is 16.3 Å². The monoisotopic (exact) mass is 1310 g/mol. The van der Waals surface area contributed by atoms with Crippen LogP contribution in [0.15, 0.2) is 352 Å². The van der Waals surface area contributed by atoms with Crippen molar-refractivity contribution >= 4 is 144 Å². The van der Waals surface area contributed by atoms with E-state index in [1.54, 1.807) is 0 Å². The summed E-state index contributed by atoms with van der Waals surface area (Å²) in [6.07, 6.45) is 0. The summed E-state index contributed by atoms with van der Waals surface area (Å²) in [5, 5.41) is 14.7. The Hall–Kier alpha value is -13.0. The summed E-state index contributed by atoms with van der Waals surface area (Å²) in [6, 6.07) is 132. The van der Waals surface area contributed by atoms with Crippen LogP contribution < -0.4 is 26.2 Å². The van der Waals surface area contributed by atoms with Crippen molar-refractivity contribution in [1.82, 2.24) is 9.13 Å². The van der Waals surface area contributed by atoms with Crippen LogP contribution in [0.25, 0.3) is 143 Å². The van der Waals surface area contributed by atoms with Crippen LogP contribution in [0.1, 0.15) is 26.3 Å². The van der Waals surface area contributed by atoms with Crippen LogP contribution in [0.2, 0.25) is 0 Å². The standard InChI is InChI=1S/C98H67BN4/c1-98(2,3)72-58-93-95-94(59-72)101(74-46-38-65(39-47-74)63-22-8-5-9-23-63)92-61-76(103-90-55-43-71(80-35-19-29-67-25-11-15-31-78(67)80)57-86(90)84-51-41-69-27-13-17-33-82(69)97(84)103)49-53-88(92)99(95)87-52-48-75(60-91(87)100(93)73-44-36-64(37-45-73)62-20-6-4-7-21-62)102-89-54-42-70(79-34-18-28-66-24-10-14-30-77(66)79)56-85(89)83-50-40-68-26-12-16-32-81(68)96(83)102/h4-61H,1-3H3. The van der Waals surface area contributed by atoms with Crippen LogP contribution >= 0.6 is 0 Å². The van der Waals surface area contributed by atoms with Gasteiger partial charge in [-0.25, -0.2) is 0 Å². The summed E-state index contributed by atoms with van der Waals surface area (Å²) in [4.78, 5) is 5.21. The van der Waals surface area contributed by atoms with Crippen LogP contribution in [-0.2, 0) is 5.41 Å². The van der Waals surface area contributed by atoms with E-state index in [1.165, 1.54) is 154 Å². The lowest BCUT2D eigenvalue weighted by atomic mass is 9.33. The summed E-state index contributed by atoms with van der Waals surface area (Å²) in [7, 11) is 0. The molecule has 21 rings (SSSR count). The summed E-state index contributed by atoms with van der Waals surface area (Å²) in [5.74, 6) is 0. The third kappa shape index (κ3) is 9.18. The van der Waals surface area contributed by atoms with Gasteiger partial charge in [-0.05, 0) is 189 Å². The van der Waals surface area contributed by atoms with E-state index in [1.807, 2.05) is 0 Å². The molecule has 0 aliphatic carbocycles. The van der Waals surface area contributed by atoms with Crippen molar-refractivity contribution < 1.29 is 0 Å². The molecule has 2 aliphatic rings. The molecule has 4 nitrogen and oxygen atoms in total. The van der Waals surface area contributed by atoms with Crippen molar-refractivity contribution in [2.24, 2.45) is 0 Å². The van der Waals surface area contributed by atoms with Gasteiger partial charge in [-0.1, -0.05) is 288 Å². The van der Waals surface area contributed by atoms with E-state index in [9.17, 15) is 0 Å². The highest BCUT2D eigenvalue weighted by Crippen LogP contribution is 2.50. The average molecular weight is 1310 g/mol. The Morgan fingerprint density at radius 2 is 0.602 bits per heavy atom. The molecule has 0 radical (unpaired) electrons. The molecular weight excluding hydrogens is 1240 g/mol. The average Bonchev–Trinajstić information content (AvgIpc) is 1.62. The molecule has 103 heavy (non-hydrogen) atoms. The van der Waals surface area contributed by atoms with E-state index >= 15 is 0 Å². The molecular formula is C98H67BN4. The van der Waals surface area contributed by atoms with Crippen molar-refractivity contribution in [3.8, 4) is 55.9 Å². The van der Waals surface area contributed by atoms with Crippen molar-refractivity contribution in [3.63, 3.8) is 0 Å². The molecule has 2 aliphatic heterocycles. The van der Waals surface area contributed by atoms with Gasteiger partial charge in [-0.2, -0.15) is 0 Å². The number of nitrogens with zero attached hydrogens (tertiary/aromatic N) is 4. The fourth-order valence-corrected chi connectivity index (χ4v) is 17.5. The van der Waals surface area contributed by atoms with Crippen molar-refractivity contribution in [3.05, 3.63) is 357 Å². The molecule has 0 amide bonds. The molecule has 4 heterocycles. The van der Waals surface area contributed by atoms with E-state index < -0.39 is 0 Å². The summed E-state index contributed by atoms with van der Waals surface area (Å²) in [6.45, 7) is 6.95. The number of anilines is 6. The molecule has 0 spiro atoms. The Morgan fingerprint density at radius 1 is 0.243 bits per heavy atom. The highest BCUT2D eigenvalue weighted by molar-refractivity contribution is 7.00. The molecule has 0 saturated carbocycles. The zero-order chi connectivity index (χ0) is 68.2. The molecule has 0 N–H and O–H groups in total. The summed E-state index contributed by atoms with van der Waals surface area (Å²) >= 11 is 0. The Morgan fingerprint density at radius 3 is 1.03 bits per heavy atom. The fraction of sp³-hybridized carbons (Fsp3) is 0.0408. The Labute approximate surface area is 598 Å². The predicted octanol–water partition coefficient (Wildman–Crippen LogP) is 24.5. The second-order valence-electron chi connectivity index (χ2n) is 29.1. The fourth-order valence-electron chi connectivity index (χ4n) is 17.5. The number of fused-ring (bicyclic) bond motifs is 16. The SMILES string of the molecule is CC(C)(C)c1cc2c3c(c1)N(c1ccc(-c4ccccc4)cc1)c1cc(-n4c5ccc(-c6cccc7ccccc67)cc5c5ccc6ccccc6c54)ccc1B3c1ccc(-n3c4ccc(-c5cccc6ccccc56)cc4c4ccc5ccccc5c43)cc1N2c1ccc(-c2ccccc2)cc1. The second kappa shape index (κ2) is 22.8. The molecule has 0 saturated heterocycles. The molecule has 2 aromatic heterocycles. The lowest BCUT2D eigenvalue weighted by Crippen LogP contribution is -2.61. The predicted molar refractivity (Wildman–Crippen MR) is 440 cm³/mol. The Bertz CT molecular complexity index is 6310.